The molecule has 2 amide bonds. The normalized spacial score (nSPS) is 17.0. The molecule has 1 fully saturated rings. The van der Waals surface area contributed by atoms with Gasteiger partial charge in [0.2, 0.25) is 11.8 Å². The number of nitrogens with one attached hydrogen (secondary N) is 2. The molecule has 0 bridgehead atoms. The Kier molecular flexibility index (Phi) is 11.3. The minimum Gasteiger partial charge on any atom is -0.461 e. The van der Waals surface area contributed by atoms with E-state index in [9.17, 15) is 19.5 Å². The molecule has 0 saturated heterocycles. The second-order valence-corrected chi connectivity index (χ2v) is 7.85. The quantitative estimate of drug-likeness (QED) is 0.233. The van der Waals surface area contributed by atoms with E-state index in [1.165, 1.54) is 0 Å². The van der Waals surface area contributed by atoms with Crippen LogP contribution >= 0.6 is 0 Å². The fraction of sp³-hybridized carbons (Fsp3) is 0.682. The first-order chi connectivity index (χ1) is 13.9. The number of hydrogen-bond donors (Lipinski definition) is 3. The molecule has 7 nitrogen and oxygen atoms in total. The molecule has 29 heavy (non-hydrogen) atoms. The molecular weight excluding hydrogens is 372 g/mol. The van der Waals surface area contributed by atoms with Gasteiger partial charge in [-0.2, -0.15) is 0 Å². The highest BCUT2D eigenvalue weighted by molar-refractivity contribution is 5.86. The SMILES string of the molecule is C=CCCCC(=O)O[C@@H](C)CNC(=O)[C@@H](CC=C)CC(=O)NC1(CO)CCCC1. The van der Waals surface area contributed by atoms with Crippen molar-refractivity contribution < 1.29 is 24.2 Å². The summed E-state index contributed by atoms with van der Waals surface area (Å²) in [5.74, 6) is -1.38. The van der Waals surface area contributed by atoms with Crippen molar-refractivity contribution in [2.24, 2.45) is 5.92 Å². The number of ether oxygens (including phenoxy) is 1. The number of hydrogen-bond acceptors (Lipinski definition) is 5. The smallest absolute Gasteiger partial charge is 0.306 e. The van der Waals surface area contributed by atoms with Crippen molar-refractivity contribution in [2.45, 2.75) is 76.4 Å². The van der Waals surface area contributed by atoms with E-state index in [0.29, 0.717) is 19.3 Å². The zero-order valence-corrected chi connectivity index (χ0v) is 17.6. The minimum atomic E-state index is -0.555. The lowest BCUT2D eigenvalue weighted by atomic mass is 9.95. The van der Waals surface area contributed by atoms with E-state index >= 15 is 0 Å². The lowest BCUT2D eigenvalue weighted by Gasteiger charge is -2.28. The second-order valence-electron chi connectivity index (χ2n) is 7.85. The molecule has 164 valence electrons. The zero-order chi connectivity index (χ0) is 21.7. The van der Waals surface area contributed by atoms with Gasteiger partial charge in [0, 0.05) is 12.8 Å². The predicted octanol–water partition coefficient (Wildman–Crippen LogP) is 2.39. The van der Waals surface area contributed by atoms with E-state index in [1.54, 1.807) is 19.1 Å². The van der Waals surface area contributed by atoms with Crippen molar-refractivity contribution in [2.75, 3.05) is 13.2 Å². The number of aliphatic hydroxyl groups is 1. The lowest BCUT2D eigenvalue weighted by molar-refractivity contribution is -0.148. The first kappa shape index (κ1) is 24.9. The van der Waals surface area contributed by atoms with Gasteiger partial charge in [-0.3, -0.25) is 14.4 Å². The first-order valence-electron chi connectivity index (χ1n) is 10.5. The van der Waals surface area contributed by atoms with Crippen molar-refractivity contribution in [3.05, 3.63) is 25.3 Å². The summed E-state index contributed by atoms with van der Waals surface area (Å²) in [7, 11) is 0. The van der Waals surface area contributed by atoms with Crippen LogP contribution in [0.5, 0.6) is 0 Å². The van der Waals surface area contributed by atoms with E-state index < -0.39 is 17.6 Å². The number of esters is 1. The number of carbonyl (C=O) groups is 3. The molecular formula is C22H36N2O5. The van der Waals surface area contributed by atoms with E-state index in [1.807, 2.05) is 0 Å². The summed E-state index contributed by atoms with van der Waals surface area (Å²) in [6.45, 7) is 9.08. The maximum atomic E-state index is 12.5. The summed E-state index contributed by atoms with van der Waals surface area (Å²) >= 11 is 0. The lowest BCUT2D eigenvalue weighted by Crippen LogP contribution is -2.50. The fourth-order valence-electron chi connectivity index (χ4n) is 3.53. The van der Waals surface area contributed by atoms with Crippen LogP contribution in [-0.2, 0) is 19.1 Å². The van der Waals surface area contributed by atoms with Crippen LogP contribution in [0.3, 0.4) is 0 Å². The Morgan fingerprint density at radius 1 is 1.21 bits per heavy atom. The molecule has 0 aliphatic heterocycles. The molecule has 0 heterocycles. The molecule has 0 aromatic heterocycles. The van der Waals surface area contributed by atoms with Crippen LogP contribution in [0.25, 0.3) is 0 Å². The topological polar surface area (TPSA) is 105 Å². The Bertz CT molecular complexity index is 570. The number of unbranched alkanes of at least 4 members (excludes halogenated alkanes) is 1. The summed E-state index contributed by atoms with van der Waals surface area (Å²) in [5.41, 5.74) is -0.555. The van der Waals surface area contributed by atoms with Crippen molar-refractivity contribution in [3.63, 3.8) is 0 Å². The molecule has 0 aromatic rings. The standard InChI is InChI=1S/C22H36N2O5/c1-4-6-7-11-20(27)29-17(3)15-23-21(28)18(10-5-2)14-19(26)24-22(16-25)12-8-9-13-22/h4-5,17-18,25H,1-2,6-16H2,3H3,(H,23,28)(H,24,26)/t17-,18-/m0/s1. The summed E-state index contributed by atoms with van der Waals surface area (Å²) in [6.07, 6.45) is 8.50. The van der Waals surface area contributed by atoms with Crippen LogP contribution in [-0.4, -0.2) is 47.7 Å². The molecule has 2 atom stereocenters. The van der Waals surface area contributed by atoms with E-state index in [2.05, 4.69) is 23.8 Å². The molecule has 0 aromatic carbocycles. The Hall–Kier alpha value is -2.15. The van der Waals surface area contributed by atoms with Gasteiger partial charge in [-0.1, -0.05) is 25.0 Å². The number of amides is 2. The van der Waals surface area contributed by atoms with Crippen LogP contribution < -0.4 is 10.6 Å². The monoisotopic (exact) mass is 408 g/mol. The molecule has 1 rings (SSSR count). The fourth-order valence-corrected chi connectivity index (χ4v) is 3.53. The molecule has 7 heteroatoms. The van der Waals surface area contributed by atoms with E-state index in [4.69, 9.17) is 4.74 Å². The van der Waals surface area contributed by atoms with Gasteiger partial charge in [0.15, 0.2) is 0 Å². The highest BCUT2D eigenvalue weighted by atomic mass is 16.5. The largest absolute Gasteiger partial charge is 0.461 e. The van der Waals surface area contributed by atoms with Crippen molar-refractivity contribution in [1.82, 2.24) is 10.6 Å². The van der Waals surface area contributed by atoms with Gasteiger partial charge in [-0.05, 0) is 39.0 Å². The minimum absolute atomic E-state index is 0.0231. The highest BCUT2D eigenvalue weighted by Crippen LogP contribution is 2.29. The van der Waals surface area contributed by atoms with Crippen molar-refractivity contribution in [1.29, 1.82) is 0 Å². The molecule has 0 spiro atoms. The van der Waals surface area contributed by atoms with Crippen LogP contribution in [0.4, 0.5) is 0 Å². The maximum absolute atomic E-state index is 12.5. The van der Waals surface area contributed by atoms with Gasteiger partial charge in [-0.25, -0.2) is 0 Å². The number of aliphatic hydroxyl groups excluding tert-OH is 1. The third-order valence-electron chi connectivity index (χ3n) is 5.21. The summed E-state index contributed by atoms with van der Waals surface area (Å²) < 4.78 is 5.27. The predicted molar refractivity (Wildman–Crippen MR) is 112 cm³/mol. The maximum Gasteiger partial charge on any atom is 0.306 e. The second kappa shape index (κ2) is 13.1. The summed E-state index contributed by atoms with van der Waals surface area (Å²) in [4.78, 5) is 36.7. The Morgan fingerprint density at radius 2 is 1.90 bits per heavy atom. The number of allylic oxidation sites excluding steroid dienone is 2. The highest BCUT2D eigenvalue weighted by Gasteiger charge is 2.35. The van der Waals surface area contributed by atoms with Gasteiger partial charge in [-0.15, -0.1) is 13.2 Å². The third kappa shape index (κ3) is 9.26. The van der Waals surface area contributed by atoms with Crippen LogP contribution in [0.2, 0.25) is 0 Å². The van der Waals surface area contributed by atoms with Gasteiger partial charge >= 0.3 is 5.97 Å². The first-order valence-corrected chi connectivity index (χ1v) is 10.5. The Balaban J connectivity index is 2.46. The van der Waals surface area contributed by atoms with Crippen molar-refractivity contribution >= 4 is 17.8 Å². The zero-order valence-electron chi connectivity index (χ0n) is 17.6. The van der Waals surface area contributed by atoms with E-state index in [0.717, 1.165) is 32.1 Å². The van der Waals surface area contributed by atoms with Gasteiger partial charge in [0.1, 0.15) is 6.10 Å². The average molecular weight is 409 g/mol. The number of carbonyl (C=O) groups excluding carboxylic acids is 3. The van der Waals surface area contributed by atoms with Gasteiger partial charge in [0.05, 0.1) is 24.6 Å². The van der Waals surface area contributed by atoms with Crippen LogP contribution in [0, 0.1) is 5.92 Å². The van der Waals surface area contributed by atoms with Crippen molar-refractivity contribution in [3.8, 4) is 0 Å². The van der Waals surface area contributed by atoms with Gasteiger partial charge < -0.3 is 20.5 Å². The molecule has 0 radical (unpaired) electrons. The molecule has 3 N–H and O–H groups in total. The Morgan fingerprint density at radius 3 is 2.48 bits per heavy atom. The summed E-state index contributed by atoms with van der Waals surface area (Å²) in [6, 6.07) is 0. The Labute approximate surface area is 174 Å². The average Bonchev–Trinajstić information content (AvgIpc) is 3.14. The van der Waals surface area contributed by atoms with Crippen LogP contribution in [0.15, 0.2) is 25.3 Å². The molecule has 1 aliphatic rings. The van der Waals surface area contributed by atoms with Gasteiger partial charge in [0.25, 0.3) is 0 Å². The molecule has 0 unspecified atom stereocenters. The number of rotatable bonds is 14. The summed E-state index contributed by atoms with van der Waals surface area (Å²) in [5, 5.41) is 15.3. The van der Waals surface area contributed by atoms with Crippen LogP contribution in [0.1, 0.15) is 64.7 Å². The third-order valence-corrected chi connectivity index (χ3v) is 5.21. The molecule has 1 saturated carbocycles. The van der Waals surface area contributed by atoms with E-state index in [-0.39, 0.29) is 37.4 Å². The molecule has 1 aliphatic carbocycles.